The van der Waals surface area contributed by atoms with Crippen LogP contribution in [0.25, 0.3) is 0 Å². The number of epoxide rings is 1. The molecule has 4 aliphatic rings. The summed E-state index contributed by atoms with van der Waals surface area (Å²) < 4.78 is 16.9. The maximum Gasteiger partial charge on any atom is 0.338 e. The average molecular weight is 581 g/mol. The van der Waals surface area contributed by atoms with E-state index in [1.165, 1.54) is 19.1 Å². The van der Waals surface area contributed by atoms with Crippen molar-refractivity contribution in [3.63, 3.8) is 0 Å². The Morgan fingerprint density at radius 1 is 1.20 bits per heavy atom. The number of aliphatic hydroxyl groups is 6. The molecule has 12 heteroatoms. The van der Waals surface area contributed by atoms with Crippen LogP contribution in [-0.4, -0.2) is 108 Å². The molecule has 1 heterocycles. The van der Waals surface area contributed by atoms with Gasteiger partial charge in [-0.05, 0) is 32.3 Å². The number of carbonyl (C=O) groups excluding carboxylic acids is 3. The van der Waals surface area contributed by atoms with Crippen LogP contribution in [0.15, 0.2) is 36.5 Å². The molecule has 1 aliphatic heterocycles. The molecule has 10 atom stereocenters. The molecule has 6 N–H and O–H groups in total. The number of hydrogen-bond acceptors (Lipinski definition) is 12. The SMILES string of the molecule is CCCCC/C=C/C=C/C(=O)OC1CC2(O)C(CC1(C)OC(=O)C(O)CO)C1OC1(CO)C(O)C1(O)C(=O)C=CC21. The van der Waals surface area contributed by atoms with E-state index in [0.717, 1.165) is 37.8 Å². The summed E-state index contributed by atoms with van der Waals surface area (Å²) >= 11 is 0. The van der Waals surface area contributed by atoms with E-state index in [0.29, 0.717) is 0 Å². The summed E-state index contributed by atoms with van der Waals surface area (Å²) in [6, 6.07) is 0. The summed E-state index contributed by atoms with van der Waals surface area (Å²) in [4.78, 5) is 38.3. The highest BCUT2D eigenvalue weighted by Gasteiger charge is 2.80. The van der Waals surface area contributed by atoms with Gasteiger partial charge in [-0.1, -0.05) is 44.1 Å². The minimum absolute atomic E-state index is 0.264. The minimum atomic E-state index is -2.53. The van der Waals surface area contributed by atoms with Crippen LogP contribution in [0.5, 0.6) is 0 Å². The molecule has 1 saturated heterocycles. The van der Waals surface area contributed by atoms with Gasteiger partial charge >= 0.3 is 11.9 Å². The van der Waals surface area contributed by atoms with Crippen molar-refractivity contribution in [2.45, 2.75) is 99.2 Å². The van der Waals surface area contributed by atoms with E-state index >= 15 is 0 Å². The average Bonchev–Trinajstić information content (AvgIpc) is 3.60. The maximum absolute atomic E-state index is 12.8. The van der Waals surface area contributed by atoms with Gasteiger partial charge in [-0.2, -0.15) is 0 Å². The second-order valence-corrected chi connectivity index (χ2v) is 11.7. The fourth-order valence-corrected chi connectivity index (χ4v) is 6.68. The van der Waals surface area contributed by atoms with E-state index in [2.05, 4.69) is 6.92 Å². The smallest absolute Gasteiger partial charge is 0.338 e. The van der Waals surface area contributed by atoms with Gasteiger partial charge in [0.05, 0.1) is 24.9 Å². The van der Waals surface area contributed by atoms with E-state index in [-0.39, 0.29) is 6.42 Å². The number of hydrogen-bond donors (Lipinski definition) is 6. The van der Waals surface area contributed by atoms with Gasteiger partial charge in [0.2, 0.25) is 0 Å². The van der Waals surface area contributed by atoms with Crippen molar-refractivity contribution < 1.29 is 59.2 Å². The summed E-state index contributed by atoms with van der Waals surface area (Å²) in [5, 5.41) is 64.1. The van der Waals surface area contributed by atoms with Crippen molar-refractivity contribution in [1.29, 1.82) is 0 Å². The van der Waals surface area contributed by atoms with E-state index in [4.69, 9.17) is 14.2 Å². The number of ether oxygens (including phenoxy) is 3. The van der Waals surface area contributed by atoms with E-state index in [1.807, 2.05) is 6.08 Å². The van der Waals surface area contributed by atoms with Crippen LogP contribution in [-0.2, 0) is 28.6 Å². The molecular weight excluding hydrogens is 540 g/mol. The fourth-order valence-electron chi connectivity index (χ4n) is 6.68. The first-order valence-electron chi connectivity index (χ1n) is 14.0. The first kappa shape index (κ1) is 31.5. The Labute approximate surface area is 237 Å². The quantitative estimate of drug-likeness (QED) is 0.0595. The third kappa shape index (κ3) is 5.31. The molecule has 0 aromatic rings. The summed E-state index contributed by atoms with van der Waals surface area (Å²) in [5.41, 5.74) is -8.01. The number of aliphatic hydroxyl groups excluding tert-OH is 4. The molecule has 3 fully saturated rings. The molecule has 0 aromatic heterocycles. The Morgan fingerprint density at radius 2 is 1.93 bits per heavy atom. The zero-order valence-electron chi connectivity index (χ0n) is 23.2. The van der Waals surface area contributed by atoms with Gasteiger partial charge in [-0.25, -0.2) is 9.59 Å². The van der Waals surface area contributed by atoms with Crippen molar-refractivity contribution >= 4 is 17.7 Å². The van der Waals surface area contributed by atoms with Gasteiger partial charge in [-0.15, -0.1) is 0 Å². The Kier molecular flexibility index (Phi) is 8.97. The molecule has 4 rings (SSSR count). The molecule has 0 amide bonds. The molecule has 0 spiro atoms. The van der Waals surface area contributed by atoms with E-state index in [1.54, 1.807) is 6.08 Å². The molecular formula is C29H40O12. The van der Waals surface area contributed by atoms with Crippen molar-refractivity contribution in [2.24, 2.45) is 11.8 Å². The van der Waals surface area contributed by atoms with Crippen molar-refractivity contribution in [3.8, 4) is 0 Å². The van der Waals surface area contributed by atoms with Crippen LogP contribution in [0.2, 0.25) is 0 Å². The number of rotatable bonds is 11. The summed E-state index contributed by atoms with van der Waals surface area (Å²) in [6.45, 7) is 1.82. The minimum Gasteiger partial charge on any atom is -0.455 e. The monoisotopic (exact) mass is 580 g/mol. The van der Waals surface area contributed by atoms with Crippen LogP contribution in [0.1, 0.15) is 52.4 Å². The molecule has 0 radical (unpaired) electrons. The highest BCUT2D eigenvalue weighted by Crippen LogP contribution is 2.63. The van der Waals surface area contributed by atoms with Crippen LogP contribution >= 0.6 is 0 Å². The van der Waals surface area contributed by atoms with Crippen LogP contribution in [0, 0.1) is 11.8 Å². The molecule has 41 heavy (non-hydrogen) atoms. The second kappa shape index (κ2) is 11.7. The topological polar surface area (TPSA) is 204 Å². The van der Waals surface area contributed by atoms with E-state index < -0.39 is 96.0 Å². The lowest BCUT2D eigenvalue weighted by molar-refractivity contribution is -0.240. The largest absolute Gasteiger partial charge is 0.455 e. The van der Waals surface area contributed by atoms with Crippen LogP contribution < -0.4 is 0 Å². The Balaban J connectivity index is 1.66. The van der Waals surface area contributed by atoms with Gasteiger partial charge < -0.3 is 44.8 Å². The van der Waals surface area contributed by atoms with Gasteiger partial charge in [-0.3, -0.25) is 4.79 Å². The predicted octanol–water partition coefficient (Wildman–Crippen LogP) is -0.622. The zero-order chi connectivity index (χ0) is 30.2. The van der Waals surface area contributed by atoms with Crippen molar-refractivity contribution in [1.82, 2.24) is 0 Å². The summed E-state index contributed by atoms with van der Waals surface area (Å²) in [5.74, 6) is -5.29. The molecule has 0 aromatic carbocycles. The lowest BCUT2D eigenvalue weighted by Crippen LogP contribution is -2.67. The molecule has 3 aliphatic carbocycles. The zero-order valence-corrected chi connectivity index (χ0v) is 23.2. The highest BCUT2D eigenvalue weighted by molar-refractivity contribution is 6.01. The number of esters is 2. The summed E-state index contributed by atoms with van der Waals surface area (Å²) in [6.07, 6.45) is 5.67. The van der Waals surface area contributed by atoms with Crippen molar-refractivity contribution in [3.05, 3.63) is 36.5 Å². The molecule has 10 unspecified atom stereocenters. The molecule has 12 nitrogen and oxygen atoms in total. The Bertz CT molecular complexity index is 1120. The third-order valence-electron chi connectivity index (χ3n) is 9.06. The fraction of sp³-hybridized carbons (Fsp3) is 0.690. The lowest BCUT2D eigenvalue weighted by atomic mass is 9.60. The first-order valence-corrected chi connectivity index (χ1v) is 14.0. The second-order valence-electron chi connectivity index (χ2n) is 11.7. The van der Waals surface area contributed by atoms with Crippen LogP contribution in [0.3, 0.4) is 0 Å². The first-order chi connectivity index (χ1) is 19.3. The highest BCUT2D eigenvalue weighted by atomic mass is 16.6. The molecule has 0 bridgehead atoms. The lowest BCUT2D eigenvalue weighted by Gasteiger charge is -2.53. The maximum atomic E-state index is 12.8. The number of unbranched alkanes of at least 4 members (excludes halogenated alkanes) is 3. The number of ketones is 1. The van der Waals surface area contributed by atoms with Gasteiger partial charge in [0.1, 0.15) is 23.4 Å². The van der Waals surface area contributed by atoms with Crippen LogP contribution in [0.4, 0.5) is 0 Å². The Morgan fingerprint density at radius 3 is 2.59 bits per heavy atom. The van der Waals surface area contributed by atoms with Gasteiger partial charge in [0.25, 0.3) is 0 Å². The van der Waals surface area contributed by atoms with Gasteiger partial charge in [0.15, 0.2) is 17.5 Å². The molecule has 228 valence electrons. The summed E-state index contributed by atoms with van der Waals surface area (Å²) in [7, 11) is 0. The van der Waals surface area contributed by atoms with Crippen molar-refractivity contribution in [2.75, 3.05) is 13.2 Å². The molecule has 2 saturated carbocycles. The normalized spacial score (nSPS) is 42.0. The Hall–Kier alpha value is -2.45. The van der Waals surface area contributed by atoms with Gasteiger partial charge in [0, 0.05) is 24.3 Å². The van der Waals surface area contributed by atoms with E-state index in [9.17, 15) is 45.0 Å². The predicted molar refractivity (Wildman–Crippen MR) is 141 cm³/mol. The standard InChI is InChI=1S/C29H40O12/c1-3-4-5-6-7-8-9-10-22(34)39-21-14-27(37)17(13-26(21,2)41-24(35)18(32)15-30)23-28(16-31,40-23)25(36)29(38)19(27)11-12-20(29)33/h7-12,17-19,21,23,25,30-32,36-38H,3-6,13-16H2,1-2H3/b8-7+,10-9+. The number of carbonyl (C=O) groups is 3. The third-order valence-corrected chi connectivity index (χ3v) is 9.06. The number of fused-ring (bicyclic) bond motifs is 5. The number of allylic oxidation sites excluding steroid dienone is 3.